The maximum absolute atomic E-state index is 11.6. The third kappa shape index (κ3) is 3.31. The molecule has 0 saturated heterocycles. The molecule has 0 aliphatic carbocycles. The Labute approximate surface area is 99.0 Å². The van der Waals surface area contributed by atoms with Crippen molar-refractivity contribution in [3.63, 3.8) is 0 Å². The van der Waals surface area contributed by atoms with E-state index >= 15 is 0 Å². The first-order valence-corrected chi connectivity index (χ1v) is 5.01. The van der Waals surface area contributed by atoms with Crippen LogP contribution in [0.5, 0.6) is 0 Å². The molecule has 0 fully saturated rings. The first-order chi connectivity index (χ1) is 8.06. The summed E-state index contributed by atoms with van der Waals surface area (Å²) >= 11 is 0. The van der Waals surface area contributed by atoms with Gasteiger partial charge in [0.15, 0.2) is 0 Å². The van der Waals surface area contributed by atoms with Crippen molar-refractivity contribution in [3.8, 4) is 12.3 Å². The van der Waals surface area contributed by atoms with Gasteiger partial charge in [-0.15, -0.1) is 6.42 Å². The normalized spacial score (nSPS) is 11.3. The molecular weight excluding hydrogens is 220 g/mol. The molecule has 0 radical (unpaired) electrons. The second kappa shape index (κ2) is 5.66. The van der Waals surface area contributed by atoms with Gasteiger partial charge in [-0.3, -0.25) is 14.9 Å². The first-order valence-electron chi connectivity index (χ1n) is 5.01. The van der Waals surface area contributed by atoms with Crippen molar-refractivity contribution in [1.29, 1.82) is 0 Å². The van der Waals surface area contributed by atoms with Crippen LogP contribution in [0.3, 0.4) is 0 Å². The highest BCUT2D eigenvalue weighted by molar-refractivity contribution is 5.83. The highest BCUT2D eigenvalue weighted by atomic mass is 16.6. The summed E-state index contributed by atoms with van der Waals surface area (Å²) in [7, 11) is 0. The van der Waals surface area contributed by atoms with Crippen LogP contribution in [0, 0.1) is 22.5 Å². The number of rotatable bonds is 4. The number of benzene rings is 1. The van der Waals surface area contributed by atoms with Crippen LogP contribution in [0.2, 0.25) is 0 Å². The number of nitrogens with one attached hydrogen (secondary N) is 1. The zero-order valence-electron chi connectivity index (χ0n) is 9.34. The van der Waals surface area contributed by atoms with Crippen molar-refractivity contribution in [2.45, 2.75) is 12.8 Å². The number of terminal acetylenes is 1. The van der Waals surface area contributed by atoms with Crippen LogP contribution >= 0.6 is 0 Å². The summed E-state index contributed by atoms with van der Waals surface area (Å²) in [5.41, 5.74) is 0.563. The van der Waals surface area contributed by atoms with E-state index in [4.69, 9.17) is 6.42 Å². The molecule has 17 heavy (non-hydrogen) atoms. The predicted molar refractivity (Wildman–Crippen MR) is 63.4 cm³/mol. The number of nitro benzene ring substituents is 1. The number of nitro groups is 1. The Morgan fingerprint density at radius 3 is 2.94 bits per heavy atom. The van der Waals surface area contributed by atoms with E-state index in [1.807, 2.05) is 0 Å². The molecule has 0 aliphatic heterocycles. The van der Waals surface area contributed by atoms with Crippen LogP contribution in [-0.2, 0) is 4.79 Å². The van der Waals surface area contributed by atoms with Crippen molar-refractivity contribution in [3.05, 3.63) is 39.9 Å². The molecule has 1 amide bonds. The van der Waals surface area contributed by atoms with E-state index in [0.29, 0.717) is 5.56 Å². The van der Waals surface area contributed by atoms with Crippen LogP contribution in [0.4, 0.5) is 5.69 Å². The molecule has 1 rings (SSSR count). The highest BCUT2D eigenvalue weighted by Crippen LogP contribution is 2.20. The average molecular weight is 232 g/mol. The third-order valence-electron chi connectivity index (χ3n) is 2.34. The molecule has 1 atom stereocenters. The van der Waals surface area contributed by atoms with Gasteiger partial charge in [-0.1, -0.05) is 18.1 Å². The number of carbonyl (C=O) groups is 1. The monoisotopic (exact) mass is 232 g/mol. The summed E-state index contributed by atoms with van der Waals surface area (Å²) in [6, 6.07) is 6.00. The number of hydrogen-bond donors (Lipinski definition) is 1. The van der Waals surface area contributed by atoms with E-state index in [2.05, 4.69) is 11.2 Å². The lowest BCUT2D eigenvalue weighted by Gasteiger charge is -2.10. The fourth-order valence-electron chi connectivity index (χ4n) is 1.35. The van der Waals surface area contributed by atoms with Crippen molar-refractivity contribution < 1.29 is 9.72 Å². The van der Waals surface area contributed by atoms with Crippen LogP contribution < -0.4 is 5.32 Å². The quantitative estimate of drug-likeness (QED) is 0.485. The average Bonchev–Trinajstić information content (AvgIpc) is 2.35. The van der Waals surface area contributed by atoms with Gasteiger partial charge in [0.25, 0.3) is 5.69 Å². The van der Waals surface area contributed by atoms with E-state index in [1.165, 1.54) is 12.1 Å². The fourth-order valence-corrected chi connectivity index (χ4v) is 1.35. The SMILES string of the molecule is C#CCNC(=O)C(C)c1cccc([N+](=O)[O-])c1. The molecule has 5 heteroatoms. The minimum absolute atomic E-state index is 0.0286. The molecule has 1 aromatic rings. The highest BCUT2D eigenvalue weighted by Gasteiger charge is 2.16. The summed E-state index contributed by atoms with van der Waals surface area (Å²) in [5, 5.41) is 13.1. The van der Waals surface area contributed by atoms with E-state index in [0.717, 1.165) is 0 Å². The number of nitrogens with zero attached hydrogens (tertiary/aromatic N) is 1. The Morgan fingerprint density at radius 2 is 2.35 bits per heavy atom. The zero-order chi connectivity index (χ0) is 12.8. The Morgan fingerprint density at radius 1 is 1.65 bits per heavy atom. The second-order valence-corrected chi connectivity index (χ2v) is 3.50. The molecule has 0 aliphatic rings. The summed E-state index contributed by atoms with van der Waals surface area (Å²) in [6.45, 7) is 1.82. The van der Waals surface area contributed by atoms with E-state index in [9.17, 15) is 14.9 Å². The van der Waals surface area contributed by atoms with Crippen LogP contribution in [0.1, 0.15) is 18.4 Å². The Hall–Kier alpha value is -2.35. The maximum Gasteiger partial charge on any atom is 0.269 e. The van der Waals surface area contributed by atoms with Crippen molar-refractivity contribution >= 4 is 11.6 Å². The molecule has 0 spiro atoms. The van der Waals surface area contributed by atoms with Crippen LogP contribution in [0.25, 0.3) is 0 Å². The summed E-state index contributed by atoms with van der Waals surface area (Å²) < 4.78 is 0. The van der Waals surface area contributed by atoms with Gasteiger partial charge in [0.05, 0.1) is 17.4 Å². The summed E-state index contributed by atoms with van der Waals surface area (Å²) in [4.78, 5) is 21.7. The van der Waals surface area contributed by atoms with E-state index < -0.39 is 10.8 Å². The van der Waals surface area contributed by atoms with Gasteiger partial charge in [0, 0.05) is 12.1 Å². The number of amides is 1. The zero-order valence-corrected chi connectivity index (χ0v) is 9.34. The molecular formula is C12H12N2O3. The second-order valence-electron chi connectivity index (χ2n) is 3.50. The van der Waals surface area contributed by atoms with Gasteiger partial charge in [-0.2, -0.15) is 0 Å². The Bertz CT molecular complexity index is 477. The van der Waals surface area contributed by atoms with Crippen LogP contribution in [0.15, 0.2) is 24.3 Å². The maximum atomic E-state index is 11.6. The van der Waals surface area contributed by atoms with Gasteiger partial charge in [0.2, 0.25) is 5.91 Å². The van der Waals surface area contributed by atoms with Gasteiger partial charge in [0.1, 0.15) is 0 Å². The molecule has 5 nitrogen and oxygen atoms in total. The van der Waals surface area contributed by atoms with Gasteiger partial charge < -0.3 is 5.32 Å². The lowest BCUT2D eigenvalue weighted by molar-refractivity contribution is -0.384. The van der Waals surface area contributed by atoms with E-state index in [1.54, 1.807) is 19.1 Å². The summed E-state index contributed by atoms with van der Waals surface area (Å²) in [5.74, 6) is 1.58. The molecule has 0 heterocycles. The predicted octanol–water partition coefficient (Wildman–Crippen LogP) is 1.45. The van der Waals surface area contributed by atoms with Crippen molar-refractivity contribution in [2.24, 2.45) is 0 Å². The standard InChI is InChI=1S/C12H12N2O3/c1-3-7-13-12(15)9(2)10-5-4-6-11(8-10)14(16)17/h1,4-6,8-9H,7H2,2H3,(H,13,15). The molecule has 88 valence electrons. The first kappa shape index (κ1) is 12.7. The lowest BCUT2D eigenvalue weighted by atomic mass is 10.00. The lowest BCUT2D eigenvalue weighted by Crippen LogP contribution is -2.28. The topological polar surface area (TPSA) is 72.2 Å². The fraction of sp³-hybridized carbons (Fsp3) is 0.250. The minimum Gasteiger partial charge on any atom is -0.345 e. The number of hydrogen-bond acceptors (Lipinski definition) is 3. The Balaban J connectivity index is 2.85. The van der Waals surface area contributed by atoms with E-state index in [-0.39, 0.29) is 18.1 Å². The van der Waals surface area contributed by atoms with Crippen LogP contribution in [-0.4, -0.2) is 17.4 Å². The molecule has 1 unspecified atom stereocenters. The van der Waals surface area contributed by atoms with Gasteiger partial charge in [-0.25, -0.2) is 0 Å². The molecule has 1 aromatic carbocycles. The molecule has 0 bridgehead atoms. The van der Waals surface area contributed by atoms with Crippen molar-refractivity contribution in [2.75, 3.05) is 6.54 Å². The molecule has 0 aromatic heterocycles. The van der Waals surface area contributed by atoms with Gasteiger partial charge >= 0.3 is 0 Å². The smallest absolute Gasteiger partial charge is 0.269 e. The number of carbonyl (C=O) groups excluding carboxylic acids is 1. The third-order valence-corrected chi connectivity index (χ3v) is 2.34. The van der Waals surface area contributed by atoms with Gasteiger partial charge in [-0.05, 0) is 12.5 Å². The summed E-state index contributed by atoms with van der Waals surface area (Å²) in [6.07, 6.45) is 5.03. The largest absolute Gasteiger partial charge is 0.345 e. The molecule has 0 saturated carbocycles. The molecule has 1 N–H and O–H groups in total. The number of non-ortho nitro benzene ring substituents is 1. The van der Waals surface area contributed by atoms with Crippen molar-refractivity contribution in [1.82, 2.24) is 5.32 Å². The Kier molecular flexibility index (Phi) is 4.23. The minimum atomic E-state index is -0.491.